The van der Waals surface area contributed by atoms with E-state index in [2.05, 4.69) is 11.8 Å². The zero-order valence-electron chi connectivity index (χ0n) is 19.5. The van der Waals surface area contributed by atoms with E-state index in [4.69, 9.17) is 0 Å². The van der Waals surface area contributed by atoms with Crippen LogP contribution in [-0.4, -0.2) is 74.2 Å². The summed E-state index contributed by atoms with van der Waals surface area (Å²) in [6.07, 6.45) is 8.81. The lowest BCUT2D eigenvalue weighted by Gasteiger charge is -2.38. The molecule has 1 unspecified atom stereocenters. The Morgan fingerprint density at radius 2 is 1.53 bits per heavy atom. The molecule has 0 saturated carbocycles. The zero-order valence-corrected chi connectivity index (χ0v) is 20.4. The van der Waals surface area contributed by atoms with E-state index >= 15 is 0 Å². The first-order valence-corrected chi connectivity index (χ1v) is 14.0. The molecular weight excluding hydrogens is 422 g/mol. The number of sulfonamides is 1. The summed E-state index contributed by atoms with van der Waals surface area (Å²) in [6.45, 7) is 8.56. The standard InChI is InChI=1S/C25H39N3O3S/c1-21-12-17-26(18-13-21)19-22-7-6-14-27(20-22)25(29)23-8-10-24(11-9-23)32(30,31)28-15-4-2-3-5-16-28/h8-11,21-22H,2-7,12-20H2,1H3. The summed E-state index contributed by atoms with van der Waals surface area (Å²) in [7, 11) is -3.48. The van der Waals surface area contributed by atoms with Gasteiger partial charge in [-0.15, -0.1) is 0 Å². The average Bonchev–Trinajstić information content (AvgIpc) is 3.11. The molecule has 0 radical (unpaired) electrons. The van der Waals surface area contributed by atoms with E-state index in [1.165, 1.54) is 32.4 Å². The summed E-state index contributed by atoms with van der Waals surface area (Å²) in [5, 5.41) is 0. The van der Waals surface area contributed by atoms with Gasteiger partial charge in [0.15, 0.2) is 0 Å². The van der Waals surface area contributed by atoms with Crippen LogP contribution in [0.15, 0.2) is 29.2 Å². The number of nitrogens with zero attached hydrogens (tertiary/aromatic N) is 3. The van der Waals surface area contributed by atoms with E-state index in [1.54, 1.807) is 28.6 Å². The molecule has 1 atom stereocenters. The van der Waals surface area contributed by atoms with E-state index in [9.17, 15) is 13.2 Å². The Balaban J connectivity index is 1.36. The highest BCUT2D eigenvalue weighted by atomic mass is 32.2. The van der Waals surface area contributed by atoms with Gasteiger partial charge in [0.2, 0.25) is 10.0 Å². The molecule has 32 heavy (non-hydrogen) atoms. The first-order valence-electron chi connectivity index (χ1n) is 12.6. The Kier molecular flexibility index (Phi) is 7.90. The first kappa shape index (κ1) is 23.7. The molecule has 1 aromatic carbocycles. The molecule has 3 fully saturated rings. The minimum Gasteiger partial charge on any atom is -0.338 e. The second-order valence-electron chi connectivity index (χ2n) is 10.1. The Bertz CT molecular complexity index is 855. The van der Waals surface area contributed by atoms with Crippen LogP contribution in [0.4, 0.5) is 0 Å². The SMILES string of the molecule is CC1CCN(CC2CCCN(C(=O)c3ccc(S(=O)(=O)N4CCCCCC4)cc3)C2)CC1. The van der Waals surface area contributed by atoms with Crippen molar-refractivity contribution in [2.75, 3.05) is 45.8 Å². The molecule has 6 nitrogen and oxygen atoms in total. The summed E-state index contributed by atoms with van der Waals surface area (Å²) in [4.78, 5) is 18.0. The predicted octanol–water partition coefficient (Wildman–Crippen LogP) is 3.84. The number of hydrogen-bond donors (Lipinski definition) is 0. The van der Waals surface area contributed by atoms with Gasteiger partial charge in [-0.3, -0.25) is 4.79 Å². The van der Waals surface area contributed by atoms with Gasteiger partial charge in [0.1, 0.15) is 0 Å². The lowest BCUT2D eigenvalue weighted by molar-refractivity contribution is 0.0622. The Hall–Kier alpha value is -1.44. The smallest absolute Gasteiger partial charge is 0.253 e. The van der Waals surface area contributed by atoms with Gasteiger partial charge in [0.05, 0.1) is 4.90 Å². The quantitative estimate of drug-likeness (QED) is 0.669. The van der Waals surface area contributed by atoms with Gasteiger partial charge in [0.25, 0.3) is 5.91 Å². The largest absolute Gasteiger partial charge is 0.338 e. The van der Waals surface area contributed by atoms with Gasteiger partial charge < -0.3 is 9.80 Å². The molecule has 1 amide bonds. The molecule has 3 aliphatic rings. The number of carbonyl (C=O) groups excluding carboxylic acids is 1. The molecule has 0 aromatic heterocycles. The van der Waals surface area contributed by atoms with Gasteiger partial charge >= 0.3 is 0 Å². The van der Waals surface area contributed by atoms with Crippen molar-refractivity contribution in [3.63, 3.8) is 0 Å². The molecule has 3 heterocycles. The van der Waals surface area contributed by atoms with Crippen LogP contribution in [0.1, 0.15) is 68.6 Å². The van der Waals surface area contributed by atoms with E-state index in [0.29, 0.717) is 29.5 Å². The highest BCUT2D eigenvalue weighted by Gasteiger charge is 2.28. The minimum absolute atomic E-state index is 0.0284. The third-order valence-electron chi connectivity index (χ3n) is 7.50. The summed E-state index contributed by atoms with van der Waals surface area (Å²) in [5.74, 6) is 1.39. The topological polar surface area (TPSA) is 60.9 Å². The number of likely N-dealkylation sites (tertiary alicyclic amines) is 2. The van der Waals surface area contributed by atoms with Gasteiger partial charge in [-0.25, -0.2) is 8.42 Å². The summed E-state index contributed by atoms with van der Waals surface area (Å²) in [6, 6.07) is 6.62. The number of carbonyl (C=O) groups is 1. The fraction of sp³-hybridized carbons (Fsp3) is 0.720. The van der Waals surface area contributed by atoms with Gasteiger partial charge in [-0.05, 0) is 87.7 Å². The molecular formula is C25H39N3O3S. The fourth-order valence-electron chi connectivity index (χ4n) is 5.39. The number of hydrogen-bond acceptors (Lipinski definition) is 4. The van der Waals surface area contributed by atoms with Crippen LogP contribution in [0.5, 0.6) is 0 Å². The molecule has 1 aromatic rings. The van der Waals surface area contributed by atoms with Crippen molar-refractivity contribution in [3.8, 4) is 0 Å². The third kappa shape index (κ3) is 5.72. The van der Waals surface area contributed by atoms with E-state index < -0.39 is 10.0 Å². The minimum atomic E-state index is -3.48. The lowest BCUT2D eigenvalue weighted by Crippen LogP contribution is -2.45. The van der Waals surface area contributed by atoms with E-state index in [1.807, 2.05) is 4.90 Å². The van der Waals surface area contributed by atoms with Crippen molar-refractivity contribution in [1.29, 1.82) is 0 Å². The summed E-state index contributed by atoms with van der Waals surface area (Å²) < 4.78 is 27.6. The molecule has 0 bridgehead atoms. The molecule has 0 spiro atoms. The zero-order chi connectivity index (χ0) is 22.6. The maximum absolute atomic E-state index is 13.1. The molecule has 3 saturated heterocycles. The second-order valence-corrected chi connectivity index (χ2v) is 12.0. The molecule has 0 N–H and O–H groups in total. The van der Waals surface area contributed by atoms with Crippen molar-refractivity contribution in [2.24, 2.45) is 11.8 Å². The van der Waals surface area contributed by atoms with Crippen molar-refractivity contribution in [1.82, 2.24) is 14.1 Å². The molecule has 7 heteroatoms. The van der Waals surface area contributed by atoms with Crippen molar-refractivity contribution < 1.29 is 13.2 Å². The van der Waals surface area contributed by atoms with Crippen LogP contribution in [0.2, 0.25) is 0 Å². The van der Waals surface area contributed by atoms with Crippen LogP contribution >= 0.6 is 0 Å². The maximum Gasteiger partial charge on any atom is 0.253 e. The van der Waals surface area contributed by atoms with Crippen molar-refractivity contribution in [3.05, 3.63) is 29.8 Å². The van der Waals surface area contributed by atoms with Gasteiger partial charge in [-0.1, -0.05) is 19.8 Å². The van der Waals surface area contributed by atoms with Crippen LogP contribution < -0.4 is 0 Å². The Morgan fingerprint density at radius 3 is 2.19 bits per heavy atom. The van der Waals surface area contributed by atoms with Crippen molar-refractivity contribution >= 4 is 15.9 Å². The highest BCUT2D eigenvalue weighted by Crippen LogP contribution is 2.24. The molecule has 178 valence electrons. The average molecular weight is 462 g/mol. The monoisotopic (exact) mass is 461 g/mol. The summed E-state index contributed by atoms with van der Waals surface area (Å²) in [5.41, 5.74) is 0.590. The highest BCUT2D eigenvalue weighted by molar-refractivity contribution is 7.89. The van der Waals surface area contributed by atoms with Crippen LogP contribution in [0.25, 0.3) is 0 Å². The fourth-order valence-corrected chi connectivity index (χ4v) is 6.91. The second kappa shape index (κ2) is 10.7. The number of benzene rings is 1. The lowest BCUT2D eigenvalue weighted by atomic mass is 9.94. The predicted molar refractivity (Wildman–Crippen MR) is 127 cm³/mol. The van der Waals surface area contributed by atoms with Crippen molar-refractivity contribution in [2.45, 2.75) is 63.2 Å². The Labute approximate surface area is 194 Å². The van der Waals surface area contributed by atoms with E-state index in [0.717, 1.165) is 57.7 Å². The van der Waals surface area contributed by atoms with Crippen LogP contribution in [0.3, 0.4) is 0 Å². The number of piperidine rings is 2. The van der Waals surface area contributed by atoms with Gasteiger partial charge in [-0.2, -0.15) is 4.31 Å². The Morgan fingerprint density at radius 1 is 0.875 bits per heavy atom. The number of amides is 1. The van der Waals surface area contributed by atoms with Gasteiger partial charge in [0, 0.05) is 38.3 Å². The molecule has 0 aliphatic carbocycles. The molecule has 3 aliphatic heterocycles. The van der Waals surface area contributed by atoms with Crippen LogP contribution in [0, 0.1) is 11.8 Å². The molecule has 4 rings (SSSR count). The van der Waals surface area contributed by atoms with E-state index in [-0.39, 0.29) is 5.91 Å². The normalized spacial score (nSPS) is 24.9. The third-order valence-corrected chi connectivity index (χ3v) is 9.42. The first-order chi connectivity index (χ1) is 15.4. The summed E-state index contributed by atoms with van der Waals surface area (Å²) >= 11 is 0. The maximum atomic E-state index is 13.1. The van der Waals surface area contributed by atoms with Crippen LogP contribution in [-0.2, 0) is 10.0 Å². The number of rotatable bonds is 5.